The molecule has 9 nitrogen and oxygen atoms in total. The molecule has 2 rings (SSSR count). The number of ether oxygens (including phenoxy) is 2. The van der Waals surface area contributed by atoms with E-state index in [2.05, 4.69) is 5.32 Å². The Labute approximate surface area is 182 Å². The number of hydrogen-bond donors (Lipinski definition) is 1. The Bertz CT molecular complexity index is 974. The molecule has 0 fully saturated rings. The predicted molar refractivity (Wildman–Crippen MR) is 114 cm³/mol. The minimum absolute atomic E-state index is 0.0378. The van der Waals surface area contributed by atoms with Crippen molar-refractivity contribution in [1.82, 2.24) is 4.90 Å². The molecule has 0 heterocycles. The Balaban J connectivity index is 2.06. The van der Waals surface area contributed by atoms with Crippen molar-refractivity contribution in [2.45, 2.75) is 18.4 Å². The molecule has 0 aromatic heterocycles. The summed E-state index contributed by atoms with van der Waals surface area (Å²) in [4.78, 5) is 24.8. The molecule has 0 unspecified atom stereocenters. The highest BCUT2D eigenvalue weighted by atomic mass is 32.2. The highest BCUT2D eigenvalue weighted by Gasteiger charge is 2.17. The van der Waals surface area contributed by atoms with E-state index in [-0.39, 0.29) is 29.1 Å². The van der Waals surface area contributed by atoms with Crippen molar-refractivity contribution in [3.8, 4) is 5.75 Å². The maximum Gasteiger partial charge on any atom is 0.339 e. The SMILES string of the molecule is COCCN(Cc1ccc(OS(=O)(=O)c2ccc(NC(C)=O)cc2)cc1)C(=O)COC. The van der Waals surface area contributed by atoms with Crippen LogP contribution in [0.5, 0.6) is 5.75 Å². The maximum atomic E-state index is 12.5. The van der Waals surface area contributed by atoms with Crippen molar-refractivity contribution >= 4 is 27.6 Å². The molecule has 0 spiro atoms. The van der Waals surface area contributed by atoms with E-state index in [0.29, 0.717) is 25.4 Å². The monoisotopic (exact) mass is 450 g/mol. The Hall–Kier alpha value is -2.95. The average molecular weight is 451 g/mol. The topological polar surface area (TPSA) is 111 Å². The minimum Gasteiger partial charge on any atom is -0.383 e. The zero-order chi connectivity index (χ0) is 22.9. The van der Waals surface area contributed by atoms with Crippen LogP contribution in [-0.4, -0.2) is 59.1 Å². The lowest BCUT2D eigenvalue weighted by atomic mass is 10.2. The summed E-state index contributed by atoms with van der Waals surface area (Å²) in [7, 11) is -1.03. The van der Waals surface area contributed by atoms with Crippen molar-refractivity contribution < 1.29 is 31.7 Å². The molecule has 0 saturated heterocycles. The number of amides is 2. The van der Waals surface area contributed by atoms with Gasteiger partial charge >= 0.3 is 10.1 Å². The van der Waals surface area contributed by atoms with Gasteiger partial charge in [0.15, 0.2) is 0 Å². The van der Waals surface area contributed by atoms with Gasteiger partial charge < -0.3 is 23.9 Å². The smallest absolute Gasteiger partial charge is 0.339 e. The highest BCUT2D eigenvalue weighted by molar-refractivity contribution is 7.87. The lowest BCUT2D eigenvalue weighted by Crippen LogP contribution is -2.35. The molecule has 0 bridgehead atoms. The Kier molecular flexibility index (Phi) is 8.98. The van der Waals surface area contributed by atoms with Gasteiger partial charge in [0.05, 0.1) is 6.61 Å². The summed E-state index contributed by atoms with van der Waals surface area (Å²) in [6.45, 7) is 2.43. The van der Waals surface area contributed by atoms with E-state index >= 15 is 0 Å². The fraction of sp³-hybridized carbons (Fsp3) is 0.333. The first-order chi connectivity index (χ1) is 14.7. The zero-order valence-corrected chi connectivity index (χ0v) is 18.5. The van der Waals surface area contributed by atoms with E-state index < -0.39 is 10.1 Å². The van der Waals surface area contributed by atoms with Crippen molar-refractivity contribution in [3.63, 3.8) is 0 Å². The van der Waals surface area contributed by atoms with Gasteiger partial charge in [0, 0.05) is 39.9 Å². The first kappa shape index (κ1) is 24.3. The number of anilines is 1. The second-order valence-electron chi connectivity index (χ2n) is 6.63. The van der Waals surface area contributed by atoms with Crippen molar-refractivity contribution in [3.05, 3.63) is 54.1 Å². The number of nitrogens with zero attached hydrogens (tertiary/aromatic N) is 1. The number of rotatable bonds is 11. The fourth-order valence-electron chi connectivity index (χ4n) is 2.66. The lowest BCUT2D eigenvalue weighted by molar-refractivity contribution is -0.136. The third-order valence-corrected chi connectivity index (χ3v) is 5.41. The van der Waals surface area contributed by atoms with Crippen LogP contribution in [-0.2, 0) is 35.7 Å². The summed E-state index contributed by atoms with van der Waals surface area (Å²) in [5.41, 5.74) is 1.28. The zero-order valence-electron chi connectivity index (χ0n) is 17.7. The number of methoxy groups -OCH3 is 2. The van der Waals surface area contributed by atoms with Crippen LogP contribution < -0.4 is 9.50 Å². The van der Waals surface area contributed by atoms with E-state index in [1.165, 1.54) is 50.4 Å². The van der Waals surface area contributed by atoms with Crippen molar-refractivity contribution in [2.24, 2.45) is 0 Å². The molecule has 168 valence electrons. The average Bonchev–Trinajstić information content (AvgIpc) is 2.72. The summed E-state index contributed by atoms with van der Waals surface area (Å²) in [6.07, 6.45) is 0. The summed E-state index contributed by atoms with van der Waals surface area (Å²) in [6, 6.07) is 12.1. The third-order valence-electron chi connectivity index (χ3n) is 4.15. The molecule has 2 aromatic carbocycles. The van der Waals surface area contributed by atoms with E-state index in [9.17, 15) is 18.0 Å². The number of carbonyl (C=O) groups excluding carboxylic acids is 2. The number of benzene rings is 2. The van der Waals surface area contributed by atoms with Crippen LogP contribution in [0.3, 0.4) is 0 Å². The predicted octanol–water partition coefficient (Wildman–Crippen LogP) is 2.03. The summed E-state index contributed by atoms with van der Waals surface area (Å²) < 4.78 is 40.1. The largest absolute Gasteiger partial charge is 0.383 e. The molecular formula is C21H26N2O7S. The van der Waals surface area contributed by atoms with Gasteiger partial charge in [-0.3, -0.25) is 9.59 Å². The van der Waals surface area contributed by atoms with Gasteiger partial charge in [-0.05, 0) is 42.0 Å². The molecule has 10 heteroatoms. The van der Waals surface area contributed by atoms with E-state index in [1.54, 1.807) is 24.1 Å². The van der Waals surface area contributed by atoms with Crippen LogP contribution in [0.2, 0.25) is 0 Å². The van der Waals surface area contributed by atoms with Gasteiger partial charge in [0.2, 0.25) is 11.8 Å². The fourth-order valence-corrected chi connectivity index (χ4v) is 3.59. The van der Waals surface area contributed by atoms with E-state index in [1.807, 2.05) is 0 Å². The van der Waals surface area contributed by atoms with Gasteiger partial charge in [-0.25, -0.2) is 0 Å². The molecule has 0 aliphatic carbocycles. The Morgan fingerprint density at radius 1 is 0.968 bits per heavy atom. The number of nitrogens with one attached hydrogen (secondary N) is 1. The number of carbonyl (C=O) groups is 2. The summed E-state index contributed by atoms with van der Waals surface area (Å²) in [5.74, 6) is -0.289. The Morgan fingerprint density at radius 2 is 1.61 bits per heavy atom. The summed E-state index contributed by atoms with van der Waals surface area (Å²) in [5, 5.41) is 2.57. The highest BCUT2D eigenvalue weighted by Crippen LogP contribution is 2.21. The van der Waals surface area contributed by atoms with Crippen LogP contribution in [0, 0.1) is 0 Å². The Morgan fingerprint density at radius 3 is 2.16 bits per heavy atom. The lowest BCUT2D eigenvalue weighted by Gasteiger charge is -2.22. The third kappa shape index (κ3) is 7.67. The van der Waals surface area contributed by atoms with E-state index in [0.717, 1.165) is 5.56 Å². The molecule has 31 heavy (non-hydrogen) atoms. The quantitative estimate of drug-likeness (QED) is 0.522. The standard InChI is InChI=1S/C21H26N2O7S/c1-16(24)22-18-6-10-20(11-7-18)31(26,27)30-19-8-4-17(5-9-19)14-23(12-13-28-2)21(25)15-29-3/h4-11H,12-15H2,1-3H3,(H,22,24). The first-order valence-corrected chi connectivity index (χ1v) is 10.8. The van der Waals surface area contributed by atoms with Crippen LogP contribution in [0.1, 0.15) is 12.5 Å². The van der Waals surface area contributed by atoms with Crippen LogP contribution >= 0.6 is 0 Å². The minimum atomic E-state index is -4.04. The normalized spacial score (nSPS) is 11.1. The molecule has 0 atom stereocenters. The van der Waals surface area contributed by atoms with Gasteiger partial charge in [-0.2, -0.15) is 8.42 Å². The molecule has 0 aliphatic rings. The van der Waals surface area contributed by atoms with Gasteiger partial charge in [-0.15, -0.1) is 0 Å². The molecule has 0 radical (unpaired) electrons. The van der Waals surface area contributed by atoms with Crippen molar-refractivity contribution in [2.75, 3.05) is 39.3 Å². The molecule has 0 aliphatic heterocycles. The van der Waals surface area contributed by atoms with Crippen LogP contribution in [0.4, 0.5) is 5.69 Å². The van der Waals surface area contributed by atoms with Gasteiger partial charge in [0.1, 0.15) is 17.3 Å². The molecule has 1 N–H and O–H groups in total. The molecule has 2 aromatic rings. The van der Waals surface area contributed by atoms with Gasteiger partial charge in [-0.1, -0.05) is 12.1 Å². The number of hydrogen-bond acceptors (Lipinski definition) is 7. The molecule has 0 saturated carbocycles. The first-order valence-electron chi connectivity index (χ1n) is 9.42. The second-order valence-corrected chi connectivity index (χ2v) is 8.17. The van der Waals surface area contributed by atoms with E-state index in [4.69, 9.17) is 13.7 Å². The maximum absolute atomic E-state index is 12.5. The molecule has 2 amide bonds. The molecular weight excluding hydrogens is 424 g/mol. The van der Waals surface area contributed by atoms with Gasteiger partial charge in [0.25, 0.3) is 0 Å². The van der Waals surface area contributed by atoms with Crippen molar-refractivity contribution in [1.29, 1.82) is 0 Å². The summed E-state index contributed by atoms with van der Waals surface area (Å²) >= 11 is 0. The van der Waals surface area contributed by atoms with Crippen LogP contribution in [0.15, 0.2) is 53.4 Å². The van der Waals surface area contributed by atoms with Crippen LogP contribution in [0.25, 0.3) is 0 Å². The second kappa shape index (κ2) is 11.4.